The Kier molecular flexibility index (Phi) is 6.21. The molecule has 0 radical (unpaired) electrons. The van der Waals surface area contributed by atoms with Gasteiger partial charge in [-0.15, -0.1) is 0 Å². The van der Waals surface area contributed by atoms with Crippen molar-refractivity contribution < 1.29 is 23.4 Å². The minimum atomic E-state index is -2.87. The molecule has 0 aromatic heterocycles. The number of hydrogen-bond donors (Lipinski definition) is 2. The Morgan fingerprint density at radius 3 is 2.53 bits per heavy atom. The molecule has 1 rings (SSSR count). The lowest BCUT2D eigenvalue weighted by Gasteiger charge is -2.08. The molecule has 0 aliphatic heterocycles. The minimum Gasteiger partial charge on any atom is -0.435 e. The van der Waals surface area contributed by atoms with Gasteiger partial charge in [-0.05, 0) is 44.0 Å². The van der Waals surface area contributed by atoms with Crippen LogP contribution in [0.5, 0.6) is 5.75 Å². The van der Waals surface area contributed by atoms with E-state index in [2.05, 4.69) is 10.1 Å². The number of halogens is 2. The summed E-state index contributed by atoms with van der Waals surface area (Å²) in [6, 6.07) is 5.47. The number of carbonyl (C=O) groups excluding carboxylic acids is 1. The first-order chi connectivity index (χ1) is 8.99. The van der Waals surface area contributed by atoms with Gasteiger partial charge in [0, 0.05) is 12.1 Å². The molecule has 0 heterocycles. The Balaban J connectivity index is 2.40. The van der Waals surface area contributed by atoms with Crippen LogP contribution in [0, 0.1) is 0 Å². The molecule has 1 amide bonds. The first kappa shape index (κ1) is 15.4. The van der Waals surface area contributed by atoms with Gasteiger partial charge in [0.05, 0.1) is 6.10 Å². The zero-order valence-corrected chi connectivity index (χ0v) is 10.6. The van der Waals surface area contributed by atoms with Crippen LogP contribution in [0.25, 0.3) is 0 Å². The summed E-state index contributed by atoms with van der Waals surface area (Å²) in [6.45, 7) is -0.733. The number of rotatable bonds is 7. The predicted octanol–water partition coefficient (Wildman–Crippen LogP) is 2.18. The number of benzene rings is 1. The van der Waals surface area contributed by atoms with Crippen LogP contribution in [0.3, 0.4) is 0 Å². The standard InChI is InChI=1S/C13H17F2NO3/c1-9(17)3-2-8-16-12(18)10-4-6-11(7-5-10)19-13(14)15/h4-7,9,13,17H,2-3,8H2,1H3,(H,16,18). The average Bonchev–Trinajstić information content (AvgIpc) is 2.34. The largest absolute Gasteiger partial charge is 0.435 e. The Labute approximate surface area is 110 Å². The molecule has 1 atom stereocenters. The van der Waals surface area contributed by atoms with E-state index in [4.69, 9.17) is 5.11 Å². The SMILES string of the molecule is CC(O)CCCNC(=O)c1ccc(OC(F)F)cc1. The van der Waals surface area contributed by atoms with Gasteiger partial charge in [0.15, 0.2) is 0 Å². The molecule has 0 saturated heterocycles. The highest BCUT2D eigenvalue weighted by Crippen LogP contribution is 2.14. The van der Waals surface area contributed by atoms with Gasteiger partial charge >= 0.3 is 6.61 Å². The van der Waals surface area contributed by atoms with Crippen LogP contribution in [0.15, 0.2) is 24.3 Å². The fraction of sp³-hybridized carbons (Fsp3) is 0.462. The molecule has 0 aliphatic rings. The van der Waals surface area contributed by atoms with Crippen molar-refractivity contribution in [1.29, 1.82) is 0 Å². The van der Waals surface area contributed by atoms with Gasteiger partial charge in [-0.25, -0.2) is 0 Å². The van der Waals surface area contributed by atoms with Gasteiger partial charge in [0.1, 0.15) is 5.75 Å². The van der Waals surface area contributed by atoms with Crippen molar-refractivity contribution in [2.75, 3.05) is 6.54 Å². The van der Waals surface area contributed by atoms with Crippen molar-refractivity contribution in [2.45, 2.75) is 32.5 Å². The molecule has 4 nitrogen and oxygen atoms in total. The molecular weight excluding hydrogens is 256 g/mol. The van der Waals surface area contributed by atoms with E-state index in [9.17, 15) is 13.6 Å². The molecular formula is C13H17F2NO3. The van der Waals surface area contributed by atoms with E-state index in [1.54, 1.807) is 6.92 Å². The van der Waals surface area contributed by atoms with E-state index in [0.29, 0.717) is 24.9 Å². The second kappa shape index (κ2) is 7.68. The molecule has 2 N–H and O–H groups in total. The van der Waals surface area contributed by atoms with Crippen LogP contribution >= 0.6 is 0 Å². The third-order valence-corrected chi connectivity index (χ3v) is 2.43. The highest BCUT2D eigenvalue weighted by atomic mass is 19.3. The summed E-state index contributed by atoms with van der Waals surface area (Å²) < 4.78 is 28.0. The normalized spacial score (nSPS) is 12.3. The van der Waals surface area contributed by atoms with Crippen LogP contribution in [-0.2, 0) is 0 Å². The molecule has 1 unspecified atom stereocenters. The number of alkyl halides is 2. The summed E-state index contributed by atoms with van der Waals surface area (Å²) in [6.07, 6.45) is 0.903. The Hall–Kier alpha value is -1.69. The zero-order chi connectivity index (χ0) is 14.3. The summed E-state index contributed by atoms with van der Waals surface area (Å²) in [4.78, 5) is 11.7. The summed E-state index contributed by atoms with van der Waals surface area (Å²) in [7, 11) is 0. The van der Waals surface area contributed by atoms with Gasteiger partial charge in [-0.2, -0.15) is 8.78 Å². The first-order valence-electron chi connectivity index (χ1n) is 6.00. The van der Waals surface area contributed by atoms with E-state index in [-0.39, 0.29) is 17.8 Å². The van der Waals surface area contributed by atoms with Crippen molar-refractivity contribution in [1.82, 2.24) is 5.32 Å². The third-order valence-electron chi connectivity index (χ3n) is 2.43. The van der Waals surface area contributed by atoms with E-state index in [1.165, 1.54) is 24.3 Å². The van der Waals surface area contributed by atoms with Crippen LogP contribution in [0.4, 0.5) is 8.78 Å². The van der Waals surface area contributed by atoms with Gasteiger partial charge < -0.3 is 15.2 Å². The number of carbonyl (C=O) groups is 1. The van der Waals surface area contributed by atoms with Crippen molar-refractivity contribution in [2.24, 2.45) is 0 Å². The smallest absolute Gasteiger partial charge is 0.387 e. The predicted molar refractivity (Wildman–Crippen MR) is 66.3 cm³/mol. The van der Waals surface area contributed by atoms with E-state index < -0.39 is 6.61 Å². The molecule has 0 fully saturated rings. The zero-order valence-electron chi connectivity index (χ0n) is 10.6. The number of hydrogen-bond acceptors (Lipinski definition) is 3. The molecule has 0 aliphatic carbocycles. The lowest BCUT2D eigenvalue weighted by atomic mass is 10.2. The lowest BCUT2D eigenvalue weighted by Crippen LogP contribution is -2.25. The first-order valence-corrected chi connectivity index (χ1v) is 6.00. The van der Waals surface area contributed by atoms with Gasteiger partial charge in [0.2, 0.25) is 0 Å². The maximum atomic E-state index is 11.9. The van der Waals surface area contributed by atoms with Crippen molar-refractivity contribution >= 4 is 5.91 Å². The van der Waals surface area contributed by atoms with Gasteiger partial charge in [0.25, 0.3) is 5.91 Å². The van der Waals surface area contributed by atoms with Crippen LogP contribution in [0.2, 0.25) is 0 Å². The number of nitrogens with one attached hydrogen (secondary N) is 1. The quantitative estimate of drug-likeness (QED) is 0.749. The summed E-state index contributed by atoms with van der Waals surface area (Å²) >= 11 is 0. The average molecular weight is 273 g/mol. The molecule has 1 aromatic carbocycles. The van der Waals surface area contributed by atoms with Crippen LogP contribution < -0.4 is 10.1 Å². The molecule has 0 spiro atoms. The van der Waals surface area contributed by atoms with Crippen molar-refractivity contribution in [3.63, 3.8) is 0 Å². The Morgan fingerprint density at radius 1 is 1.37 bits per heavy atom. The molecule has 19 heavy (non-hydrogen) atoms. The molecule has 0 saturated carbocycles. The monoisotopic (exact) mass is 273 g/mol. The van der Waals surface area contributed by atoms with Gasteiger partial charge in [-0.3, -0.25) is 4.79 Å². The lowest BCUT2D eigenvalue weighted by molar-refractivity contribution is -0.0498. The maximum Gasteiger partial charge on any atom is 0.387 e. The summed E-state index contributed by atoms with van der Waals surface area (Å²) in [5.74, 6) is -0.269. The number of amides is 1. The second-order valence-electron chi connectivity index (χ2n) is 4.15. The Morgan fingerprint density at radius 2 is 2.00 bits per heavy atom. The highest BCUT2D eigenvalue weighted by Gasteiger charge is 2.07. The Bertz CT molecular complexity index is 393. The third kappa shape index (κ3) is 6.15. The molecule has 1 aromatic rings. The van der Waals surface area contributed by atoms with E-state index in [0.717, 1.165) is 0 Å². The van der Waals surface area contributed by atoms with E-state index in [1.807, 2.05) is 0 Å². The highest BCUT2D eigenvalue weighted by molar-refractivity contribution is 5.94. The molecule has 0 bridgehead atoms. The van der Waals surface area contributed by atoms with Crippen LogP contribution in [-0.4, -0.2) is 30.3 Å². The van der Waals surface area contributed by atoms with Gasteiger partial charge in [-0.1, -0.05) is 0 Å². The fourth-order valence-electron chi connectivity index (χ4n) is 1.49. The second-order valence-corrected chi connectivity index (χ2v) is 4.15. The van der Waals surface area contributed by atoms with Crippen molar-refractivity contribution in [3.8, 4) is 5.75 Å². The summed E-state index contributed by atoms with van der Waals surface area (Å²) in [5.41, 5.74) is 0.374. The topological polar surface area (TPSA) is 58.6 Å². The summed E-state index contributed by atoms with van der Waals surface area (Å²) in [5, 5.41) is 11.7. The molecule has 6 heteroatoms. The van der Waals surface area contributed by atoms with Crippen molar-refractivity contribution in [3.05, 3.63) is 29.8 Å². The fourth-order valence-corrected chi connectivity index (χ4v) is 1.49. The number of aliphatic hydroxyl groups excluding tert-OH is 1. The molecule has 106 valence electrons. The minimum absolute atomic E-state index is 0.0145. The maximum absolute atomic E-state index is 11.9. The van der Waals surface area contributed by atoms with Crippen LogP contribution in [0.1, 0.15) is 30.1 Å². The number of ether oxygens (including phenoxy) is 1. The number of aliphatic hydroxyl groups is 1. The van der Waals surface area contributed by atoms with E-state index >= 15 is 0 Å².